The first-order chi connectivity index (χ1) is 38.9. The molecule has 0 amide bonds. The quantitative estimate of drug-likeness (QED) is 0.140. The summed E-state index contributed by atoms with van der Waals surface area (Å²) >= 11 is 0. The van der Waals surface area contributed by atoms with E-state index in [0.717, 1.165) is 78.1 Å². The molecule has 2 heterocycles. The zero-order chi connectivity index (χ0) is 52.8. The Hall–Kier alpha value is -10.0. The molecule has 15 rings (SSSR count). The minimum atomic E-state index is -0.323. The number of aromatic nitrogens is 2. The van der Waals surface area contributed by atoms with Gasteiger partial charge in [-0.3, -0.25) is 0 Å². The minimum absolute atomic E-state index is 0.262. The van der Waals surface area contributed by atoms with Gasteiger partial charge in [0, 0.05) is 61.0 Å². The van der Waals surface area contributed by atoms with Crippen LogP contribution in [0.5, 0.6) is 0 Å². The number of rotatable bonds is 9. The molecule has 0 bridgehead atoms. The van der Waals surface area contributed by atoms with Crippen molar-refractivity contribution >= 4 is 60.5 Å². The molecule has 0 radical (unpaired) electrons. The monoisotopic (exact) mass is 1010 g/mol. The molecule has 2 aromatic heterocycles. The van der Waals surface area contributed by atoms with Crippen LogP contribution in [0, 0.1) is 5.82 Å². The fraction of sp³-hybridized carbons (Fsp3) is 0.0400. The third kappa shape index (κ3) is 7.47. The highest BCUT2D eigenvalue weighted by Crippen LogP contribution is 2.53. The summed E-state index contributed by atoms with van der Waals surface area (Å²) < 4.78 is 19.4. The van der Waals surface area contributed by atoms with E-state index >= 15 is 0 Å². The van der Waals surface area contributed by atoms with Crippen LogP contribution in [0.2, 0.25) is 0 Å². The molecular formula is C75H52FN3. The van der Waals surface area contributed by atoms with E-state index in [0.29, 0.717) is 0 Å². The summed E-state index contributed by atoms with van der Waals surface area (Å²) in [5.41, 5.74) is 22.7. The summed E-state index contributed by atoms with van der Waals surface area (Å²) in [4.78, 5) is 2.43. The van der Waals surface area contributed by atoms with E-state index in [1.54, 1.807) is 12.1 Å². The molecule has 3 nitrogen and oxygen atoms in total. The Morgan fingerprint density at radius 1 is 0.329 bits per heavy atom. The van der Waals surface area contributed by atoms with Gasteiger partial charge < -0.3 is 14.0 Å². The van der Waals surface area contributed by atoms with Gasteiger partial charge in [0.05, 0.1) is 22.2 Å². The predicted molar refractivity (Wildman–Crippen MR) is 329 cm³/mol. The maximum atomic E-state index is 14.7. The average Bonchev–Trinajstić information content (AvgIpc) is 4.20. The smallest absolute Gasteiger partial charge is 0.123 e. The van der Waals surface area contributed by atoms with Crippen molar-refractivity contribution in [2.24, 2.45) is 0 Å². The van der Waals surface area contributed by atoms with E-state index < -0.39 is 0 Å². The van der Waals surface area contributed by atoms with Crippen molar-refractivity contribution in [2.45, 2.75) is 19.3 Å². The highest BCUT2D eigenvalue weighted by molar-refractivity contribution is 6.18. The number of benzene rings is 12. The normalized spacial score (nSPS) is 12.6. The van der Waals surface area contributed by atoms with E-state index in [9.17, 15) is 4.39 Å². The summed E-state index contributed by atoms with van der Waals surface area (Å²) in [6.45, 7) is 4.76. The summed E-state index contributed by atoms with van der Waals surface area (Å²) in [7, 11) is 0. The molecule has 0 N–H and O–H groups in total. The summed E-state index contributed by atoms with van der Waals surface area (Å²) in [5.74, 6) is -0.262. The Labute approximate surface area is 459 Å². The topological polar surface area (TPSA) is 13.1 Å². The van der Waals surface area contributed by atoms with Crippen molar-refractivity contribution < 1.29 is 4.39 Å². The van der Waals surface area contributed by atoms with Crippen LogP contribution in [0.3, 0.4) is 0 Å². The Kier molecular flexibility index (Phi) is 10.7. The highest BCUT2D eigenvalue weighted by Gasteiger charge is 2.37. The van der Waals surface area contributed by atoms with Crippen molar-refractivity contribution in [2.75, 3.05) is 4.90 Å². The van der Waals surface area contributed by atoms with Gasteiger partial charge in [-0.25, -0.2) is 4.39 Å². The second-order valence-electron chi connectivity index (χ2n) is 21.4. The lowest BCUT2D eigenvalue weighted by Gasteiger charge is -2.28. The van der Waals surface area contributed by atoms with Crippen molar-refractivity contribution in [3.05, 3.63) is 296 Å². The van der Waals surface area contributed by atoms with Crippen molar-refractivity contribution in [3.63, 3.8) is 0 Å². The van der Waals surface area contributed by atoms with Crippen LogP contribution in [0.4, 0.5) is 21.5 Å². The molecule has 0 saturated heterocycles. The molecule has 14 aromatic rings. The number of fused-ring (bicyclic) bond motifs is 9. The van der Waals surface area contributed by atoms with Crippen LogP contribution in [0.1, 0.15) is 25.0 Å². The van der Waals surface area contributed by atoms with E-state index in [4.69, 9.17) is 0 Å². The maximum absolute atomic E-state index is 14.7. The first-order valence-electron chi connectivity index (χ1n) is 27.2. The predicted octanol–water partition coefficient (Wildman–Crippen LogP) is 20.5. The molecule has 1 aliphatic carbocycles. The van der Waals surface area contributed by atoms with Gasteiger partial charge in [0.15, 0.2) is 0 Å². The molecule has 0 saturated carbocycles. The molecule has 0 aliphatic heterocycles. The van der Waals surface area contributed by atoms with Crippen LogP contribution in [-0.2, 0) is 5.41 Å². The van der Waals surface area contributed by atoms with Gasteiger partial charge in [-0.15, -0.1) is 0 Å². The summed E-state index contributed by atoms with van der Waals surface area (Å²) in [6, 6.07) is 99.7. The molecule has 0 fully saturated rings. The Morgan fingerprint density at radius 2 is 0.861 bits per heavy atom. The molecule has 79 heavy (non-hydrogen) atoms. The molecule has 12 aromatic carbocycles. The Balaban J connectivity index is 0.871. The van der Waals surface area contributed by atoms with Crippen LogP contribution in [0.15, 0.2) is 279 Å². The van der Waals surface area contributed by atoms with Crippen LogP contribution in [0.25, 0.3) is 111 Å². The molecule has 0 atom stereocenters. The van der Waals surface area contributed by atoms with Gasteiger partial charge in [0.1, 0.15) is 5.82 Å². The lowest BCUT2D eigenvalue weighted by Crippen LogP contribution is -2.16. The number of nitrogens with zero attached hydrogens (tertiary/aromatic N) is 3. The van der Waals surface area contributed by atoms with Gasteiger partial charge in [-0.1, -0.05) is 202 Å². The summed E-state index contributed by atoms with van der Waals surface area (Å²) in [6.07, 6.45) is 0. The van der Waals surface area contributed by atoms with Gasteiger partial charge in [-0.05, 0) is 152 Å². The largest absolute Gasteiger partial charge is 0.310 e. The molecule has 1 aliphatic rings. The van der Waals surface area contributed by atoms with Crippen molar-refractivity contribution in [1.29, 1.82) is 0 Å². The van der Waals surface area contributed by atoms with E-state index in [1.165, 1.54) is 60.8 Å². The van der Waals surface area contributed by atoms with Crippen LogP contribution in [-0.4, -0.2) is 9.13 Å². The van der Waals surface area contributed by atoms with Crippen molar-refractivity contribution in [3.8, 4) is 67.1 Å². The average molecular weight is 1010 g/mol. The number of anilines is 3. The lowest BCUT2D eigenvalue weighted by atomic mass is 9.81. The fourth-order valence-electron chi connectivity index (χ4n) is 12.9. The molecule has 4 heteroatoms. The zero-order valence-electron chi connectivity index (χ0n) is 43.8. The third-order valence-electron chi connectivity index (χ3n) is 16.6. The van der Waals surface area contributed by atoms with Gasteiger partial charge in [0.2, 0.25) is 0 Å². The molecular weight excluding hydrogens is 962 g/mol. The molecule has 374 valence electrons. The zero-order valence-corrected chi connectivity index (χ0v) is 43.8. The van der Waals surface area contributed by atoms with Gasteiger partial charge >= 0.3 is 0 Å². The second kappa shape index (κ2) is 18.3. The van der Waals surface area contributed by atoms with Gasteiger partial charge in [0.25, 0.3) is 0 Å². The van der Waals surface area contributed by atoms with Crippen molar-refractivity contribution in [1.82, 2.24) is 9.13 Å². The number of para-hydroxylation sites is 2. The first kappa shape index (κ1) is 46.3. The highest BCUT2D eigenvalue weighted by atomic mass is 19.1. The minimum Gasteiger partial charge on any atom is -0.310 e. The number of halogens is 1. The molecule has 0 spiro atoms. The van der Waals surface area contributed by atoms with Crippen LogP contribution < -0.4 is 4.90 Å². The van der Waals surface area contributed by atoms with E-state index in [-0.39, 0.29) is 11.2 Å². The fourth-order valence-corrected chi connectivity index (χ4v) is 12.9. The Bertz CT molecular complexity index is 4650. The number of hydrogen-bond donors (Lipinski definition) is 0. The van der Waals surface area contributed by atoms with Gasteiger partial charge in [-0.2, -0.15) is 0 Å². The van der Waals surface area contributed by atoms with E-state index in [2.05, 4.69) is 283 Å². The SMILES string of the molecule is CC1(C)c2cc(-c3cccc4c3ccc3c(-c5ccccc5)c(-c5ccccc5)n(-c5ccc(F)cc5)c34)ccc2-c2ccc(N(c3ccc(-c4ccccc4)cc3)c3ccc4c(c3)c3ccccc3n4-c3ccccc3)cc21. The van der Waals surface area contributed by atoms with E-state index in [1.807, 2.05) is 12.1 Å². The lowest BCUT2D eigenvalue weighted by molar-refractivity contribution is 0.627. The second-order valence-corrected chi connectivity index (χ2v) is 21.4. The number of hydrogen-bond acceptors (Lipinski definition) is 1. The standard InChI is InChI=1S/C75H52FN3/c1-75(2)68-46-53(60-27-17-28-65-61(60)43-44-66-72(51-20-9-4-10-21-51)73(52-22-11-5-12-23-52)79(74(65)66)57-37-33-54(76)34-38-57)32-41-62(68)63-42-39-59(48-69(63)75)77(56-35-30-50(31-36-56)49-18-7-3-8-19-49)58-40-45-71-67(47-58)64-26-15-16-29-70(64)78(71)55-24-13-6-14-25-55/h3-48H,1-2H3. The Morgan fingerprint density at radius 3 is 1.59 bits per heavy atom. The third-order valence-corrected chi connectivity index (χ3v) is 16.6. The molecule has 0 unspecified atom stereocenters. The first-order valence-corrected chi connectivity index (χ1v) is 27.2. The summed E-state index contributed by atoms with van der Waals surface area (Å²) in [5, 5.41) is 5.85. The maximum Gasteiger partial charge on any atom is 0.123 e. The van der Waals surface area contributed by atoms with Crippen LogP contribution >= 0.6 is 0 Å².